The average Bonchev–Trinajstić information content (AvgIpc) is 3.72. The average molecular weight is 792 g/mol. The first-order valence-corrected chi connectivity index (χ1v) is 20.2. The Bertz CT molecular complexity index is 1780. The minimum Gasteiger partial charge on any atom is -0.444 e. The summed E-state index contributed by atoms with van der Waals surface area (Å²) in [5.74, 6) is -3.29. The zero-order valence-corrected chi connectivity index (χ0v) is 33.4. The van der Waals surface area contributed by atoms with E-state index >= 15 is 0 Å². The Morgan fingerprint density at radius 3 is 2.27 bits per heavy atom. The number of alkyl carbamates (subject to hydrolysis) is 1. The fourth-order valence-corrected chi connectivity index (χ4v) is 7.57. The van der Waals surface area contributed by atoms with E-state index in [2.05, 4.69) is 15.4 Å². The highest BCUT2D eigenvalue weighted by Crippen LogP contribution is 2.29. The molecule has 304 valence electrons. The molecule has 15 nitrogen and oxygen atoms in total. The number of allylic oxidation sites excluding steroid dienone is 2. The number of hydrogen-bond acceptors (Lipinski definition) is 10. The molecule has 1 unspecified atom stereocenters. The third kappa shape index (κ3) is 12.5. The monoisotopic (exact) mass is 791 g/mol. The minimum absolute atomic E-state index is 0.0444. The molecule has 4 rings (SSSR count). The summed E-state index contributed by atoms with van der Waals surface area (Å²) >= 11 is 0. The van der Waals surface area contributed by atoms with Gasteiger partial charge in [0.15, 0.2) is 5.78 Å². The van der Waals surface area contributed by atoms with E-state index in [1.54, 1.807) is 39.8 Å². The molecule has 4 atom stereocenters. The van der Waals surface area contributed by atoms with Crippen molar-refractivity contribution in [1.82, 2.24) is 25.2 Å². The number of benzene rings is 1. The molecule has 1 aromatic rings. The second-order valence-corrected chi connectivity index (χ2v) is 18.4. The largest absolute Gasteiger partial charge is 0.444 e. The Morgan fingerprint density at radius 1 is 0.982 bits per heavy atom. The number of carbonyl (C=O) groups is 6. The fraction of sp³-hybridized carbons (Fsp3) is 0.632. The number of carbonyl (C=O) groups excluding carboxylic acids is 6. The van der Waals surface area contributed by atoms with Gasteiger partial charge in [-0.3, -0.25) is 28.8 Å². The molecule has 3 aliphatic rings. The van der Waals surface area contributed by atoms with Crippen LogP contribution in [0.15, 0.2) is 30.4 Å². The topological polar surface area (TPSA) is 198 Å². The molecule has 1 saturated carbocycles. The molecule has 3 N–H and O–H groups in total. The predicted octanol–water partition coefficient (Wildman–Crippen LogP) is 3.99. The van der Waals surface area contributed by atoms with Crippen LogP contribution in [0, 0.1) is 11.2 Å². The van der Waals surface area contributed by atoms with Gasteiger partial charge in [0.25, 0.3) is 5.91 Å². The molecule has 2 aliphatic heterocycles. The van der Waals surface area contributed by atoms with Crippen LogP contribution in [0.5, 0.6) is 0 Å². The lowest BCUT2D eigenvalue weighted by Crippen LogP contribution is -2.57. The molecule has 2 fully saturated rings. The van der Waals surface area contributed by atoms with Gasteiger partial charge in [-0.25, -0.2) is 22.4 Å². The maximum absolute atomic E-state index is 14.4. The molecule has 1 aliphatic carbocycles. The molecule has 1 saturated heterocycles. The third-order valence-electron chi connectivity index (χ3n) is 9.15. The van der Waals surface area contributed by atoms with Gasteiger partial charge in [0, 0.05) is 24.9 Å². The molecule has 2 heterocycles. The summed E-state index contributed by atoms with van der Waals surface area (Å²) in [7, 11) is -3.93. The summed E-state index contributed by atoms with van der Waals surface area (Å²) in [4.78, 5) is 83.1. The molecule has 55 heavy (non-hydrogen) atoms. The van der Waals surface area contributed by atoms with Gasteiger partial charge >= 0.3 is 12.2 Å². The lowest BCUT2D eigenvalue weighted by molar-refractivity contribution is -0.141. The molecular formula is C38H54FN5O10S. The number of hydrogen-bond donors (Lipinski definition) is 3. The SMILES string of the molecule is CCCC(NC(=O)[C@@H]1C[C@@H](OC(=O)N2Cc3cccc(F)c3C2)CN1C(=O)[C@H](CCC(=O)/C=C/C(C)(C)C)NC(=O)OC(C)(C)C)C(=O)NS(=O)(=O)C1CC1. The van der Waals surface area contributed by atoms with Crippen molar-refractivity contribution in [3.8, 4) is 0 Å². The first kappa shape index (κ1) is 43.2. The van der Waals surface area contributed by atoms with E-state index in [9.17, 15) is 41.6 Å². The summed E-state index contributed by atoms with van der Waals surface area (Å²) in [6.07, 6.45) is 1.11. The molecule has 0 spiro atoms. The van der Waals surface area contributed by atoms with Crippen molar-refractivity contribution in [3.05, 3.63) is 47.3 Å². The Hall–Kier alpha value is -4.54. The van der Waals surface area contributed by atoms with Crippen LogP contribution in [0.2, 0.25) is 0 Å². The number of sulfonamides is 1. The second kappa shape index (κ2) is 17.5. The highest BCUT2D eigenvalue weighted by molar-refractivity contribution is 7.90. The number of fused-ring (bicyclic) bond motifs is 1. The molecular weight excluding hydrogens is 738 g/mol. The maximum atomic E-state index is 14.4. The van der Waals surface area contributed by atoms with Gasteiger partial charge in [-0.05, 0) is 69.6 Å². The zero-order chi connectivity index (χ0) is 40.9. The van der Waals surface area contributed by atoms with E-state index in [1.165, 1.54) is 23.1 Å². The van der Waals surface area contributed by atoms with E-state index in [0.717, 1.165) is 4.90 Å². The van der Waals surface area contributed by atoms with Crippen LogP contribution in [0.4, 0.5) is 14.0 Å². The van der Waals surface area contributed by atoms with Crippen LogP contribution in [0.1, 0.15) is 105 Å². The van der Waals surface area contributed by atoms with Crippen molar-refractivity contribution < 1.29 is 51.0 Å². The van der Waals surface area contributed by atoms with Gasteiger partial charge in [-0.2, -0.15) is 0 Å². The van der Waals surface area contributed by atoms with Crippen LogP contribution in [0.25, 0.3) is 0 Å². The highest BCUT2D eigenvalue weighted by Gasteiger charge is 2.46. The van der Waals surface area contributed by atoms with Crippen molar-refractivity contribution in [3.63, 3.8) is 0 Å². The normalized spacial score (nSPS) is 19.7. The minimum atomic E-state index is -3.93. The maximum Gasteiger partial charge on any atom is 0.410 e. The lowest BCUT2D eigenvalue weighted by Gasteiger charge is -2.30. The van der Waals surface area contributed by atoms with E-state index in [-0.39, 0.29) is 56.5 Å². The van der Waals surface area contributed by atoms with Gasteiger partial charge in [-0.1, -0.05) is 52.3 Å². The Kier molecular flexibility index (Phi) is 13.7. The van der Waals surface area contributed by atoms with Crippen molar-refractivity contribution in [2.45, 2.75) is 142 Å². The summed E-state index contributed by atoms with van der Waals surface area (Å²) in [6, 6.07) is 0.552. The molecule has 0 aromatic heterocycles. The van der Waals surface area contributed by atoms with Crippen molar-refractivity contribution in [2.75, 3.05) is 6.54 Å². The summed E-state index contributed by atoms with van der Waals surface area (Å²) in [5, 5.41) is 4.44. The fourth-order valence-electron chi connectivity index (χ4n) is 6.22. The smallest absolute Gasteiger partial charge is 0.410 e. The molecule has 17 heteroatoms. The van der Waals surface area contributed by atoms with E-state index in [0.29, 0.717) is 30.4 Å². The number of amides is 5. The first-order valence-electron chi connectivity index (χ1n) is 18.7. The van der Waals surface area contributed by atoms with Crippen LogP contribution in [0.3, 0.4) is 0 Å². The molecule has 0 radical (unpaired) electrons. The Balaban J connectivity index is 1.58. The summed E-state index contributed by atoms with van der Waals surface area (Å²) < 4.78 is 52.7. The number of ether oxygens (including phenoxy) is 2. The van der Waals surface area contributed by atoms with Crippen LogP contribution < -0.4 is 15.4 Å². The van der Waals surface area contributed by atoms with Crippen LogP contribution in [-0.2, 0) is 51.8 Å². The van der Waals surface area contributed by atoms with Gasteiger partial charge in [-0.15, -0.1) is 0 Å². The van der Waals surface area contributed by atoms with Gasteiger partial charge in [0.2, 0.25) is 21.8 Å². The second-order valence-electron chi connectivity index (χ2n) is 16.4. The van der Waals surface area contributed by atoms with Gasteiger partial charge in [0.05, 0.1) is 18.3 Å². The number of nitrogens with one attached hydrogen (secondary N) is 3. The molecule has 1 aromatic carbocycles. The van der Waals surface area contributed by atoms with Crippen molar-refractivity contribution in [1.29, 1.82) is 0 Å². The molecule has 5 amide bonds. The summed E-state index contributed by atoms with van der Waals surface area (Å²) in [5.41, 5.74) is -0.252. The number of nitrogens with zero attached hydrogens (tertiary/aromatic N) is 2. The van der Waals surface area contributed by atoms with Gasteiger partial charge in [0.1, 0.15) is 35.6 Å². The van der Waals surface area contributed by atoms with Gasteiger partial charge < -0.3 is 25.0 Å². The lowest BCUT2D eigenvalue weighted by atomic mass is 9.95. The first-order chi connectivity index (χ1) is 25.6. The van der Waals surface area contributed by atoms with Crippen LogP contribution in [-0.4, -0.2) is 95.5 Å². The zero-order valence-electron chi connectivity index (χ0n) is 32.6. The van der Waals surface area contributed by atoms with Crippen molar-refractivity contribution >= 4 is 45.7 Å². The number of halogens is 1. The quantitative estimate of drug-likeness (QED) is 0.232. The third-order valence-corrected chi connectivity index (χ3v) is 11.0. The highest BCUT2D eigenvalue weighted by atomic mass is 32.2. The number of rotatable bonds is 14. The molecule has 0 bridgehead atoms. The predicted molar refractivity (Wildman–Crippen MR) is 199 cm³/mol. The van der Waals surface area contributed by atoms with E-state index in [4.69, 9.17) is 9.47 Å². The van der Waals surface area contributed by atoms with Crippen LogP contribution >= 0.6 is 0 Å². The number of ketones is 1. The Morgan fingerprint density at radius 2 is 1.67 bits per heavy atom. The van der Waals surface area contributed by atoms with E-state index in [1.807, 2.05) is 20.8 Å². The Labute approximate surface area is 322 Å². The van der Waals surface area contributed by atoms with E-state index < -0.39 is 80.8 Å². The summed E-state index contributed by atoms with van der Waals surface area (Å²) in [6.45, 7) is 12.1. The standard InChI is InChI=1S/C38H54FN5O10S/c1-8-10-29(32(46)42-55(51,52)26-14-15-26)40-33(47)31-19-25(53-36(50)43-20-23-11-9-12-28(39)27(23)22-43)21-44(31)34(48)30(41-35(49)54-38(5,6)7)16-13-24(45)17-18-37(2,3)4/h9,11-12,17-18,25-26,29-31H,8,10,13-16,19-22H2,1-7H3,(H,40,47)(H,41,49)(H,42,46)/b18-17+/t25-,29?,30+,31+/m1/s1. The van der Waals surface area contributed by atoms with Crippen molar-refractivity contribution in [2.24, 2.45) is 5.41 Å². The number of likely N-dealkylation sites (tertiary alicyclic amines) is 1.